The highest BCUT2D eigenvalue weighted by Crippen LogP contribution is 2.29. The summed E-state index contributed by atoms with van der Waals surface area (Å²) in [5, 5.41) is 13.2. The van der Waals surface area contributed by atoms with Crippen LogP contribution < -0.4 is 0 Å². The quantitative estimate of drug-likeness (QED) is 0.191. The van der Waals surface area contributed by atoms with Gasteiger partial charge in [0.05, 0.1) is 5.56 Å². The smallest absolute Gasteiger partial charge is 0.416 e. The molecule has 0 radical (unpaired) electrons. The van der Waals surface area contributed by atoms with E-state index >= 15 is 0 Å². The molecule has 1 aliphatic heterocycles. The van der Waals surface area contributed by atoms with E-state index in [4.69, 9.17) is 0 Å². The van der Waals surface area contributed by atoms with E-state index in [1.807, 2.05) is 4.90 Å². The van der Waals surface area contributed by atoms with Gasteiger partial charge in [0, 0.05) is 26.1 Å². The number of halogens is 3. The SMILES string of the molecule is CCCCCCCCCCCCC(=O)N1CCC(CN([O-])Cc2ccc(C(F)(F)F)cc2)CC1. The summed E-state index contributed by atoms with van der Waals surface area (Å²) in [6.45, 7) is 4.04. The summed E-state index contributed by atoms with van der Waals surface area (Å²) in [5.74, 6) is 0.440. The van der Waals surface area contributed by atoms with E-state index in [0.29, 0.717) is 31.6 Å². The molecule has 0 saturated carbocycles. The molecule has 0 spiro atoms. The van der Waals surface area contributed by atoms with Gasteiger partial charge in [-0.1, -0.05) is 76.8 Å². The minimum atomic E-state index is -4.37. The Balaban J connectivity index is 1.54. The summed E-state index contributed by atoms with van der Waals surface area (Å²) in [5.41, 5.74) is -0.129. The van der Waals surface area contributed by atoms with Crippen LogP contribution in [0.3, 0.4) is 0 Å². The van der Waals surface area contributed by atoms with E-state index < -0.39 is 11.7 Å². The summed E-state index contributed by atoms with van der Waals surface area (Å²) in [7, 11) is 0. The highest BCUT2D eigenvalue weighted by molar-refractivity contribution is 5.76. The Morgan fingerprint density at radius 2 is 1.47 bits per heavy atom. The van der Waals surface area contributed by atoms with Gasteiger partial charge in [-0.05, 0) is 49.4 Å². The lowest BCUT2D eigenvalue weighted by Crippen LogP contribution is -2.40. The highest BCUT2D eigenvalue weighted by Gasteiger charge is 2.30. The molecule has 2 rings (SSSR count). The standard InChI is InChI=1S/C27H42F3N2O2/c1-2-3-4-5-6-7-8-9-10-11-12-26(33)31-19-17-24(18-20-31)22-32(34)21-23-13-15-25(16-14-23)27(28,29)30/h13-16,24H,2-12,17-22H2,1H3/q-1. The summed E-state index contributed by atoms with van der Waals surface area (Å²) in [6.07, 6.45) is 10.4. The molecule has 1 aromatic carbocycles. The van der Waals surface area contributed by atoms with Gasteiger partial charge in [-0.3, -0.25) is 4.79 Å². The van der Waals surface area contributed by atoms with Crippen LogP contribution in [0.25, 0.3) is 0 Å². The van der Waals surface area contributed by atoms with E-state index in [1.165, 1.54) is 63.5 Å². The monoisotopic (exact) mass is 483 g/mol. The molecule has 7 heteroatoms. The number of hydrogen-bond donors (Lipinski definition) is 0. The van der Waals surface area contributed by atoms with E-state index in [2.05, 4.69) is 6.92 Å². The second-order valence-electron chi connectivity index (χ2n) is 9.77. The summed E-state index contributed by atoms with van der Waals surface area (Å²) < 4.78 is 38.0. The number of hydroxylamine groups is 2. The van der Waals surface area contributed by atoms with Crippen molar-refractivity contribution < 1.29 is 18.0 Å². The first-order chi connectivity index (χ1) is 16.3. The van der Waals surface area contributed by atoms with Crippen molar-refractivity contribution in [2.75, 3.05) is 19.6 Å². The Hall–Kier alpha value is -1.60. The van der Waals surface area contributed by atoms with Crippen molar-refractivity contribution in [3.63, 3.8) is 0 Å². The molecule has 0 N–H and O–H groups in total. The number of unbranched alkanes of at least 4 members (excludes halogenated alkanes) is 9. The van der Waals surface area contributed by atoms with Crippen molar-refractivity contribution in [2.45, 2.75) is 103 Å². The van der Waals surface area contributed by atoms with Crippen molar-refractivity contribution in [1.29, 1.82) is 0 Å². The van der Waals surface area contributed by atoms with Crippen molar-refractivity contribution in [1.82, 2.24) is 9.96 Å². The molecule has 1 aromatic rings. The zero-order valence-electron chi connectivity index (χ0n) is 20.8. The van der Waals surface area contributed by atoms with Crippen LogP contribution in [0.1, 0.15) is 102 Å². The topological polar surface area (TPSA) is 46.6 Å². The van der Waals surface area contributed by atoms with E-state index in [9.17, 15) is 23.2 Å². The predicted octanol–water partition coefficient (Wildman–Crippen LogP) is 7.55. The zero-order chi connectivity index (χ0) is 24.8. The van der Waals surface area contributed by atoms with Crippen LogP contribution >= 0.6 is 0 Å². The summed E-state index contributed by atoms with van der Waals surface area (Å²) in [6, 6.07) is 4.76. The average Bonchev–Trinajstić information content (AvgIpc) is 2.80. The van der Waals surface area contributed by atoms with E-state index in [0.717, 1.165) is 42.9 Å². The molecular weight excluding hydrogens is 441 g/mol. The Morgan fingerprint density at radius 1 is 0.941 bits per heavy atom. The van der Waals surface area contributed by atoms with Gasteiger partial charge in [0.25, 0.3) is 0 Å². The molecule has 0 aliphatic carbocycles. The first-order valence-corrected chi connectivity index (χ1v) is 13.2. The fourth-order valence-electron chi connectivity index (χ4n) is 4.64. The fraction of sp³-hybridized carbons (Fsp3) is 0.741. The molecule has 0 atom stereocenters. The molecule has 1 aliphatic rings. The lowest BCUT2D eigenvalue weighted by atomic mass is 9.96. The third-order valence-electron chi connectivity index (χ3n) is 6.81. The second kappa shape index (κ2) is 15.4. The number of likely N-dealkylation sites (tertiary alicyclic amines) is 1. The molecule has 4 nitrogen and oxygen atoms in total. The minimum Gasteiger partial charge on any atom is -0.785 e. The van der Waals surface area contributed by atoms with Crippen LogP contribution in [0.5, 0.6) is 0 Å². The van der Waals surface area contributed by atoms with Gasteiger partial charge >= 0.3 is 6.18 Å². The number of carbonyl (C=O) groups is 1. The number of amides is 1. The number of rotatable bonds is 15. The van der Waals surface area contributed by atoms with Gasteiger partial charge in [0.1, 0.15) is 0 Å². The number of piperidine rings is 1. The average molecular weight is 484 g/mol. The van der Waals surface area contributed by atoms with E-state index in [-0.39, 0.29) is 18.4 Å². The number of benzene rings is 1. The van der Waals surface area contributed by atoms with Gasteiger partial charge < -0.3 is 15.2 Å². The van der Waals surface area contributed by atoms with E-state index in [1.54, 1.807) is 0 Å². The third-order valence-corrected chi connectivity index (χ3v) is 6.81. The van der Waals surface area contributed by atoms with Crippen LogP contribution in [-0.2, 0) is 17.5 Å². The van der Waals surface area contributed by atoms with Gasteiger partial charge in [0.2, 0.25) is 5.91 Å². The Morgan fingerprint density at radius 3 is 2.00 bits per heavy atom. The molecular formula is C27H42F3N2O2-. The van der Waals surface area contributed by atoms with Gasteiger partial charge in [-0.15, -0.1) is 0 Å². The van der Waals surface area contributed by atoms with Crippen LogP contribution in [0.15, 0.2) is 24.3 Å². The predicted molar refractivity (Wildman–Crippen MR) is 131 cm³/mol. The molecule has 194 valence electrons. The maximum atomic E-state index is 12.7. The molecule has 1 amide bonds. The van der Waals surface area contributed by atoms with Crippen LogP contribution in [0.4, 0.5) is 13.2 Å². The second-order valence-corrected chi connectivity index (χ2v) is 9.77. The first-order valence-electron chi connectivity index (χ1n) is 13.2. The third kappa shape index (κ3) is 11.2. The van der Waals surface area contributed by atoms with Crippen molar-refractivity contribution >= 4 is 5.91 Å². The highest BCUT2D eigenvalue weighted by atomic mass is 19.4. The van der Waals surface area contributed by atoms with Crippen molar-refractivity contribution in [3.8, 4) is 0 Å². The summed E-state index contributed by atoms with van der Waals surface area (Å²) in [4.78, 5) is 14.4. The minimum absolute atomic E-state index is 0.0794. The Bertz CT molecular complexity index is 686. The zero-order valence-corrected chi connectivity index (χ0v) is 20.8. The Kier molecular flexibility index (Phi) is 13.0. The fourth-order valence-corrected chi connectivity index (χ4v) is 4.64. The lowest BCUT2D eigenvalue weighted by Gasteiger charge is -2.37. The number of hydrogen-bond acceptors (Lipinski definition) is 3. The van der Waals surface area contributed by atoms with Crippen molar-refractivity contribution in [3.05, 3.63) is 40.6 Å². The number of nitrogens with zero attached hydrogens (tertiary/aromatic N) is 2. The molecule has 34 heavy (non-hydrogen) atoms. The largest absolute Gasteiger partial charge is 0.785 e. The summed E-state index contributed by atoms with van der Waals surface area (Å²) >= 11 is 0. The van der Waals surface area contributed by atoms with Crippen LogP contribution in [-0.4, -0.2) is 35.5 Å². The molecule has 1 heterocycles. The molecule has 1 fully saturated rings. The molecule has 0 unspecified atom stereocenters. The molecule has 0 aromatic heterocycles. The Labute approximate surface area is 203 Å². The molecule has 1 saturated heterocycles. The molecule has 0 bridgehead atoms. The maximum absolute atomic E-state index is 12.7. The van der Waals surface area contributed by atoms with Crippen LogP contribution in [0.2, 0.25) is 0 Å². The van der Waals surface area contributed by atoms with Gasteiger partial charge in [0.15, 0.2) is 0 Å². The maximum Gasteiger partial charge on any atom is 0.416 e. The number of carbonyl (C=O) groups excluding carboxylic acids is 1. The van der Waals surface area contributed by atoms with Crippen molar-refractivity contribution in [2.24, 2.45) is 5.92 Å². The van der Waals surface area contributed by atoms with Gasteiger partial charge in [-0.2, -0.15) is 13.2 Å². The first kappa shape index (κ1) is 28.6. The lowest BCUT2D eigenvalue weighted by molar-refractivity contribution is -0.137. The normalized spacial score (nSPS) is 15.3. The van der Waals surface area contributed by atoms with Crippen LogP contribution in [0, 0.1) is 11.1 Å². The number of alkyl halides is 3. The van der Waals surface area contributed by atoms with Gasteiger partial charge in [-0.25, -0.2) is 0 Å².